The molecule has 2 N–H and O–H groups in total. The van der Waals surface area contributed by atoms with Crippen molar-refractivity contribution in [2.75, 3.05) is 9.44 Å². The molecule has 0 amide bonds. The molecule has 0 radical (unpaired) electrons. The van der Waals surface area contributed by atoms with E-state index in [4.69, 9.17) is 0 Å². The number of rotatable bonds is 7. The zero-order valence-corrected chi connectivity index (χ0v) is 20.3. The van der Waals surface area contributed by atoms with Crippen LogP contribution in [0.5, 0.6) is 0 Å². The Morgan fingerprint density at radius 2 is 1.65 bits per heavy atom. The van der Waals surface area contributed by atoms with Crippen LogP contribution in [0.1, 0.15) is 46.4 Å². The number of thiazole rings is 1. The molecular formula is C19H25N5O4S3. The van der Waals surface area contributed by atoms with Gasteiger partial charge >= 0.3 is 0 Å². The summed E-state index contributed by atoms with van der Waals surface area (Å²) in [5.41, 5.74) is 0.217. The second-order valence-electron chi connectivity index (χ2n) is 8.24. The maximum Gasteiger partial charge on any atom is 0.265 e. The molecule has 0 aliphatic heterocycles. The number of anilines is 2. The molecule has 1 aromatic carbocycles. The van der Waals surface area contributed by atoms with Crippen LogP contribution >= 0.6 is 11.3 Å². The van der Waals surface area contributed by atoms with Crippen LogP contribution in [0.2, 0.25) is 0 Å². The van der Waals surface area contributed by atoms with Crippen LogP contribution in [-0.4, -0.2) is 31.6 Å². The van der Waals surface area contributed by atoms with Crippen LogP contribution in [0.25, 0.3) is 0 Å². The summed E-state index contributed by atoms with van der Waals surface area (Å²) in [6, 6.07) is 5.46. The van der Waals surface area contributed by atoms with Crippen molar-refractivity contribution in [1.82, 2.24) is 14.8 Å². The number of hydrogen-bond donors (Lipinski definition) is 2. The Kier molecular flexibility index (Phi) is 6.18. The van der Waals surface area contributed by atoms with E-state index >= 15 is 0 Å². The van der Waals surface area contributed by atoms with Crippen molar-refractivity contribution in [1.29, 1.82) is 0 Å². The second-order valence-corrected chi connectivity index (χ2v) is 12.5. The highest BCUT2D eigenvalue weighted by Crippen LogP contribution is 2.30. The fourth-order valence-corrected chi connectivity index (χ4v) is 5.91. The monoisotopic (exact) mass is 483 g/mol. The molecule has 0 unspecified atom stereocenters. The van der Waals surface area contributed by atoms with Crippen LogP contribution in [0.3, 0.4) is 0 Å². The minimum atomic E-state index is -3.94. The van der Waals surface area contributed by atoms with Crippen molar-refractivity contribution >= 4 is 42.2 Å². The molecule has 0 atom stereocenters. The van der Waals surface area contributed by atoms with Crippen molar-refractivity contribution in [3.05, 3.63) is 47.7 Å². The Morgan fingerprint density at radius 3 is 2.16 bits per heavy atom. The Hall–Kier alpha value is -2.44. The largest absolute Gasteiger partial charge is 0.280 e. The minimum Gasteiger partial charge on any atom is -0.280 e. The average Bonchev–Trinajstić information content (AvgIpc) is 3.31. The van der Waals surface area contributed by atoms with Gasteiger partial charge in [0, 0.05) is 34.9 Å². The van der Waals surface area contributed by atoms with Crippen LogP contribution in [0, 0.1) is 0 Å². The van der Waals surface area contributed by atoms with Gasteiger partial charge in [0.2, 0.25) is 0 Å². The van der Waals surface area contributed by atoms with Crippen LogP contribution < -0.4 is 9.44 Å². The molecule has 0 bridgehead atoms. The summed E-state index contributed by atoms with van der Waals surface area (Å²) in [4.78, 5) is 3.98. The number of benzene rings is 1. The highest BCUT2D eigenvalue weighted by Gasteiger charge is 2.30. The lowest BCUT2D eigenvalue weighted by Gasteiger charge is -2.18. The molecule has 2 heterocycles. The van der Waals surface area contributed by atoms with E-state index in [2.05, 4.69) is 19.5 Å². The second kappa shape index (κ2) is 8.24. The van der Waals surface area contributed by atoms with Crippen molar-refractivity contribution in [2.24, 2.45) is 0 Å². The Bertz CT molecular complexity index is 1260. The van der Waals surface area contributed by atoms with Crippen LogP contribution in [0.15, 0.2) is 51.8 Å². The first-order valence-electron chi connectivity index (χ1n) is 9.44. The van der Waals surface area contributed by atoms with Gasteiger partial charge in [-0.3, -0.25) is 14.1 Å². The SMILES string of the molecule is CC(C)n1cc(S(=O)(=O)Nc2ccc(S(=O)(=O)Nc3nccs3)cc2)c(C(C)(C)C)n1. The molecule has 168 valence electrons. The van der Waals surface area contributed by atoms with E-state index in [1.54, 1.807) is 10.1 Å². The van der Waals surface area contributed by atoms with Crippen molar-refractivity contribution in [2.45, 2.75) is 55.9 Å². The van der Waals surface area contributed by atoms with Gasteiger partial charge in [0.25, 0.3) is 20.0 Å². The summed E-state index contributed by atoms with van der Waals surface area (Å²) < 4.78 is 57.6. The fraction of sp³-hybridized carbons (Fsp3) is 0.368. The Labute approximate surface area is 186 Å². The van der Waals surface area contributed by atoms with E-state index in [1.807, 2.05) is 34.6 Å². The number of hydrogen-bond acceptors (Lipinski definition) is 7. The van der Waals surface area contributed by atoms with Gasteiger partial charge in [0.15, 0.2) is 5.13 Å². The third-order valence-corrected chi connectivity index (χ3v) is 7.85. The third-order valence-electron chi connectivity index (χ3n) is 4.30. The van der Waals surface area contributed by atoms with Crippen molar-refractivity contribution in [3.63, 3.8) is 0 Å². The molecule has 0 spiro atoms. The van der Waals surface area contributed by atoms with E-state index < -0.39 is 25.5 Å². The first kappa shape index (κ1) is 23.2. The minimum absolute atomic E-state index is 0.000115. The van der Waals surface area contributed by atoms with Crippen molar-refractivity contribution in [3.8, 4) is 0 Å². The molecule has 0 saturated carbocycles. The summed E-state index contributed by atoms with van der Waals surface area (Å²) in [7, 11) is -7.76. The molecule has 0 fully saturated rings. The van der Waals surface area contributed by atoms with Crippen LogP contribution in [-0.2, 0) is 25.5 Å². The van der Waals surface area contributed by atoms with Gasteiger partial charge in [-0.25, -0.2) is 21.8 Å². The van der Waals surface area contributed by atoms with E-state index in [9.17, 15) is 16.8 Å². The van der Waals surface area contributed by atoms with Gasteiger partial charge in [0.05, 0.1) is 10.6 Å². The molecule has 0 aliphatic carbocycles. The molecule has 0 aliphatic rings. The number of nitrogens with one attached hydrogen (secondary N) is 2. The lowest BCUT2D eigenvalue weighted by Crippen LogP contribution is -2.20. The van der Waals surface area contributed by atoms with E-state index in [1.165, 1.54) is 36.7 Å². The summed E-state index contributed by atoms with van der Waals surface area (Å²) in [6.07, 6.45) is 3.01. The average molecular weight is 484 g/mol. The van der Waals surface area contributed by atoms with E-state index in [-0.39, 0.29) is 26.7 Å². The lowest BCUT2D eigenvalue weighted by atomic mass is 9.92. The predicted octanol–water partition coefficient (Wildman–Crippen LogP) is 3.82. The molecule has 0 saturated heterocycles. The van der Waals surface area contributed by atoms with Crippen molar-refractivity contribution < 1.29 is 16.8 Å². The van der Waals surface area contributed by atoms with Gasteiger partial charge in [0.1, 0.15) is 4.90 Å². The zero-order chi connectivity index (χ0) is 23.0. The standard InChI is InChI=1S/C19H25N5O4S3/c1-13(2)24-12-16(17(21-24)19(3,4)5)31(27,28)22-14-6-8-15(9-7-14)30(25,26)23-18-20-10-11-29-18/h6-13,22H,1-5H3,(H,20,23). The number of aromatic nitrogens is 3. The van der Waals surface area contributed by atoms with Crippen LogP contribution in [0.4, 0.5) is 10.8 Å². The first-order valence-corrected chi connectivity index (χ1v) is 13.3. The van der Waals surface area contributed by atoms with E-state index in [0.717, 1.165) is 11.3 Å². The number of nitrogens with zero attached hydrogens (tertiary/aromatic N) is 3. The third kappa shape index (κ3) is 5.25. The summed E-state index contributed by atoms with van der Waals surface area (Å²) in [5, 5.41) is 6.38. The highest BCUT2D eigenvalue weighted by atomic mass is 32.2. The predicted molar refractivity (Wildman–Crippen MR) is 121 cm³/mol. The molecule has 31 heavy (non-hydrogen) atoms. The van der Waals surface area contributed by atoms with Gasteiger partial charge in [-0.15, -0.1) is 11.3 Å². The Morgan fingerprint density at radius 1 is 1.00 bits per heavy atom. The number of sulfonamides is 2. The smallest absolute Gasteiger partial charge is 0.265 e. The normalized spacial score (nSPS) is 12.8. The highest BCUT2D eigenvalue weighted by molar-refractivity contribution is 7.93. The summed E-state index contributed by atoms with van der Waals surface area (Å²) in [5.74, 6) is 0. The maximum atomic E-state index is 13.1. The molecule has 3 aromatic rings. The van der Waals surface area contributed by atoms with Gasteiger partial charge < -0.3 is 0 Å². The molecular weight excluding hydrogens is 458 g/mol. The molecule has 12 heteroatoms. The van der Waals surface area contributed by atoms with Gasteiger partial charge in [-0.1, -0.05) is 20.8 Å². The summed E-state index contributed by atoms with van der Waals surface area (Å²) in [6.45, 7) is 9.53. The molecule has 9 nitrogen and oxygen atoms in total. The van der Waals surface area contributed by atoms with Gasteiger partial charge in [-0.05, 0) is 38.1 Å². The zero-order valence-electron chi connectivity index (χ0n) is 17.8. The molecule has 3 rings (SSSR count). The lowest BCUT2D eigenvalue weighted by molar-refractivity contribution is 0.493. The topological polar surface area (TPSA) is 123 Å². The fourth-order valence-electron chi connectivity index (χ4n) is 2.72. The summed E-state index contributed by atoms with van der Waals surface area (Å²) >= 11 is 1.16. The molecule has 2 aromatic heterocycles. The Balaban J connectivity index is 1.87. The van der Waals surface area contributed by atoms with E-state index in [0.29, 0.717) is 5.69 Å². The maximum absolute atomic E-state index is 13.1. The first-order chi connectivity index (χ1) is 14.3. The quantitative estimate of drug-likeness (QED) is 0.527. The van der Waals surface area contributed by atoms with Gasteiger partial charge in [-0.2, -0.15) is 5.10 Å².